The van der Waals surface area contributed by atoms with E-state index in [0.717, 1.165) is 25.5 Å². The summed E-state index contributed by atoms with van der Waals surface area (Å²) < 4.78 is 27.4. The van der Waals surface area contributed by atoms with E-state index >= 15 is 0 Å². The van der Waals surface area contributed by atoms with Gasteiger partial charge in [0.2, 0.25) is 0 Å². The molecule has 1 heterocycles. The molecule has 26 heavy (non-hydrogen) atoms. The lowest BCUT2D eigenvalue weighted by molar-refractivity contribution is 0.153. The van der Waals surface area contributed by atoms with Crippen molar-refractivity contribution in [3.8, 4) is 0 Å². The van der Waals surface area contributed by atoms with Crippen LogP contribution in [0.5, 0.6) is 0 Å². The number of rotatable bonds is 7. The van der Waals surface area contributed by atoms with Crippen molar-refractivity contribution in [1.29, 1.82) is 0 Å². The maximum Gasteiger partial charge on any atom is 0.194 e. The van der Waals surface area contributed by atoms with Crippen LogP contribution in [0.4, 0.5) is 0 Å². The van der Waals surface area contributed by atoms with Gasteiger partial charge in [-0.15, -0.1) is 24.0 Å². The van der Waals surface area contributed by atoms with E-state index in [4.69, 9.17) is 4.74 Å². The minimum Gasteiger partial charge on any atom is -0.379 e. The van der Waals surface area contributed by atoms with Crippen molar-refractivity contribution >= 4 is 45.3 Å². The van der Waals surface area contributed by atoms with Crippen molar-refractivity contribution in [2.75, 3.05) is 51.9 Å². The molecule has 0 saturated carbocycles. The minimum absolute atomic E-state index is 0. The topological polar surface area (TPSA) is 71.0 Å². The lowest BCUT2D eigenvalue weighted by atomic mass is 10.00. The van der Waals surface area contributed by atoms with Gasteiger partial charge in [-0.05, 0) is 17.6 Å². The van der Waals surface area contributed by atoms with Crippen molar-refractivity contribution < 1.29 is 13.2 Å². The Bertz CT molecular complexity index is 706. The van der Waals surface area contributed by atoms with Crippen LogP contribution in [0.3, 0.4) is 0 Å². The second kappa shape index (κ2) is 11.6. The van der Waals surface area contributed by atoms with E-state index in [0.29, 0.717) is 13.2 Å². The molecule has 0 amide bonds. The number of ether oxygens (including phenoxy) is 1. The molecule has 0 radical (unpaired) electrons. The first-order chi connectivity index (χ1) is 12.0. The molecule has 1 aromatic carbocycles. The standard InChI is InChI=1S/C18H27N3O3S.HI/c1-19-18(20-10-13-24-14-15-25(2,22)23)21-11-8-17(9-12-21)16-6-4-3-5-7-16;/h3-8H,9-15H2,1-2H3,(H,19,20);1H. The number of hydrogen-bond acceptors (Lipinski definition) is 4. The molecule has 1 aliphatic heterocycles. The van der Waals surface area contributed by atoms with Crippen molar-refractivity contribution in [2.24, 2.45) is 4.99 Å². The summed E-state index contributed by atoms with van der Waals surface area (Å²) in [6, 6.07) is 10.4. The maximum atomic E-state index is 11.0. The zero-order valence-electron chi connectivity index (χ0n) is 15.3. The molecule has 0 unspecified atom stereocenters. The number of sulfone groups is 1. The van der Waals surface area contributed by atoms with Crippen molar-refractivity contribution in [1.82, 2.24) is 10.2 Å². The summed E-state index contributed by atoms with van der Waals surface area (Å²) >= 11 is 0. The normalized spacial score (nSPS) is 15.2. The van der Waals surface area contributed by atoms with Gasteiger partial charge < -0.3 is 15.0 Å². The molecule has 0 fully saturated rings. The molecular weight excluding hydrogens is 465 g/mol. The van der Waals surface area contributed by atoms with Crippen molar-refractivity contribution in [2.45, 2.75) is 6.42 Å². The highest BCUT2D eigenvalue weighted by atomic mass is 127. The lowest BCUT2D eigenvalue weighted by Crippen LogP contribution is -2.44. The van der Waals surface area contributed by atoms with Gasteiger partial charge in [-0.2, -0.15) is 0 Å². The van der Waals surface area contributed by atoms with E-state index in [2.05, 4.69) is 45.6 Å². The van der Waals surface area contributed by atoms with E-state index in [9.17, 15) is 8.42 Å². The summed E-state index contributed by atoms with van der Waals surface area (Å²) in [5.74, 6) is 0.899. The molecule has 0 aliphatic carbocycles. The van der Waals surface area contributed by atoms with Gasteiger partial charge in [0, 0.05) is 32.9 Å². The molecule has 2 rings (SSSR count). The Kier molecular flexibility index (Phi) is 10.2. The minimum atomic E-state index is -2.96. The van der Waals surface area contributed by atoms with Crippen LogP contribution in [0.2, 0.25) is 0 Å². The van der Waals surface area contributed by atoms with Gasteiger partial charge in [0.05, 0.1) is 19.0 Å². The van der Waals surface area contributed by atoms with Crippen LogP contribution in [0.15, 0.2) is 41.4 Å². The van der Waals surface area contributed by atoms with Crippen LogP contribution < -0.4 is 5.32 Å². The van der Waals surface area contributed by atoms with E-state index in [1.807, 2.05) is 6.07 Å². The van der Waals surface area contributed by atoms with Crippen LogP contribution in [-0.4, -0.2) is 71.2 Å². The summed E-state index contributed by atoms with van der Waals surface area (Å²) in [6.45, 7) is 3.01. The Morgan fingerprint density at radius 3 is 2.58 bits per heavy atom. The summed E-state index contributed by atoms with van der Waals surface area (Å²) in [5.41, 5.74) is 2.65. The molecule has 6 nitrogen and oxygen atoms in total. The average molecular weight is 493 g/mol. The zero-order chi connectivity index (χ0) is 18.1. The largest absolute Gasteiger partial charge is 0.379 e. The average Bonchev–Trinajstić information content (AvgIpc) is 2.61. The Morgan fingerprint density at radius 1 is 1.27 bits per heavy atom. The number of benzene rings is 1. The fourth-order valence-electron chi connectivity index (χ4n) is 2.66. The third kappa shape index (κ3) is 8.05. The molecule has 0 spiro atoms. The van der Waals surface area contributed by atoms with Gasteiger partial charge >= 0.3 is 0 Å². The molecule has 1 N–H and O–H groups in total. The van der Waals surface area contributed by atoms with E-state index in [1.165, 1.54) is 17.4 Å². The second-order valence-corrected chi connectivity index (χ2v) is 8.27. The summed E-state index contributed by atoms with van der Waals surface area (Å²) in [4.78, 5) is 6.51. The molecular formula is C18H28IN3O3S. The van der Waals surface area contributed by atoms with Crippen LogP contribution in [0.1, 0.15) is 12.0 Å². The smallest absolute Gasteiger partial charge is 0.194 e. The van der Waals surface area contributed by atoms with Gasteiger partial charge in [0.1, 0.15) is 9.84 Å². The number of aliphatic imine (C=N–C) groups is 1. The molecule has 0 bridgehead atoms. The SMILES string of the molecule is CN=C(NCCOCCS(C)(=O)=O)N1CC=C(c2ccccc2)CC1.I. The lowest BCUT2D eigenvalue weighted by Gasteiger charge is -2.29. The first-order valence-corrected chi connectivity index (χ1v) is 10.5. The summed E-state index contributed by atoms with van der Waals surface area (Å²) in [7, 11) is -1.19. The third-order valence-electron chi connectivity index (χ3n) is 3.99. The monoisotopic (exact) mass is 493 g/mol. The maximum absolute atomic E-state index is 11.0. The molecule has 0 aromatic heterocycles. The first kappa shape index (κ1) is 22.9. The fraction of sp³-hybridized carbons (Fsp3) is 0.500. The molecule has 8 heteroatoms. The fourth-order valence-corrected chi connectivity index (χ4v) is 3.08. The van der Waals surface area contributed by atoms with E-state index in [-0.39, 0.29) is 36.3 Å². The highest BCUT2D eigenvalue weighted by molar-refractivity contribution is 14.0. The predicted octanol–water partition coefficient (Wildman–Crippen LogP) is 2.03. The number of guanidine groups is 1. The number of hydrogen-bond donors (Lipinski definition) is 1. The Balaban J connectivity index is 0.00000338. The second-order valence-electron chi connectivity index (χ2n) is 6.01. The Morgan fingerprint density at radius 2 is 2.00 bits per heavy atom. The van der Waals surface area contributed by atoms with Crippen LogP contribution in [0.25, 0.3) is 5.57 Å². The molecule has 0 atom stereocenters. The zero-order valence-corrected chi connectivity index (χ0v) is 18.5. The van der Waals surface area contributed by atoms with E-state index in [1.54, 1.807) is 7.05 Å². The molecule has 146 valence electrons. The number of halogens is 1. The molecule has 1 aromatic rings. The van der Waals surface area contributed by atoms with Crippen LogP contribution in [0, 0.1) is 0 Å². The first-order valence-electron chi connectivity index (χ1n) is 8.45. The van der Waals surface area contributed by atoms with Gasteiger partial charge in [-0.1, -0.05) is 36.4 Å². The van der Waals surface area contributed by atoms with Gasteiger partial charge in [0.25, 0.3) is 0 Å². The number of nitrogens with zero attached hydrogens (tertiary/aromatic N) is 2. The van der Waals surface area contributed by atoms with Crippen molar-refractivity contribution in [3.63, 3.8) is 0 Å². The van der Waals surface area contributed by atoms with E-state index < -0.39 is 9.84 Å². The quantitative estimate of drug-likeness (QED) is 0.273. The van der Waals surface area contributed by atoms with Gasteiger partial charge in [0.15, 0.2) is 5.96 Å². The summed E-state index contributed by atoms with van der Waals surface area (Å²) in [5, 5.41) is 3.26. The van der Waals surface area contributed by atoms with Crippen LogP contribution in [-0.2, 0) is 14.6 Å². The Hall–Kier alpha value is -1.13. The third-order valence-corrected chi connectivity index (χ3v) is 4.90. The van der Waals surface area contributed by atoms with Gasteiger partial charge in [-0.3, -0.25) is 4.99 Å². The number of nitrogens with one attached hydrogen (secondary N) is 1. The summed E-state index contributed by atoms with van der Waals surface area (Å²) in [6.07, 6.45) is 4.44. The highest BCUT2D eigenvalue weighted by Gasteiger charge is 2.15. The highest BCUT2D eigenvalue weighted by Crippen LogP contribution is 2.21. The van der Waals surface area contributed by atoms with Gasteiger partial charge in [-0.25, -0.2) is 8.42 Å². The molecule has 1 aliphatic rings. The Labute approximate surface area is 173 Å². The predicted molar refractivity (Wildman–Crippen MR) is 118 cm³/mol. The van der Waals surface area contributed by atoms with Crippen molar-refractivity contribution in [3.05, 3.63) is 42.0 Å². The van der Waals surface area contributed by atoms with Crippen LogP contribution >= 0.6 is 24.0 Å². The molecule has 0 saturated heterocycles.